The molecule has 1 fully saturated rings. The Balaban J connectivity index is 1.66. The molecule has 1 aliphatic heterocycles. The number of morpholine rings is 1. The first-order valence-corrected chi connectivity index (χ1v) is 12.2. The van der Waals surface area contributed by atoms with Gasteiger partial charge in [0, 0.05) is 30.7 Å². The molecule has 2 aromatic rings. The third-order valence-corrected chi connectivity index (χ3v) is 6.78. The molecule has 10 heteroatoms. The van der Waals surface area contributed by atoms with Crippen LogP contribution in [-0.2, 0) is 25.6 Å². The van der Waals surface area contributed by atoms with E-state index < -0.39 is 0 Å². The highest BCUT2D eigenvalue weighted by molar-refractivity contribution is 9.10. The van der Waals surface area contributed by atoms with Crippen molar-refractivity contribution in [3.05, 3.63) is 27.5 Å². The zero-order chi connectivity index (χ0) is 20.6. The standard InChI is InChI=1S/C19H24BrN3O4S2/c1-2-26-10-7-23-15-4-3-14(20)11-16(15)29-19(23)21-17(24)12-28-13-18(25)22-5-8-27-9-6-22/h3-4,11H,2,5-10,12-13H2,1H3. The van der Waals surface area contributed by atoms with Gasteiger partial charge in [0.1, 0.15) is 0 Å². The number of thiazole rings is 1. The second-order valence-corrected chi connectivity index (χ2v) is 9.25. The van der Waals surface area contributed by atoms with Gasteiger partial charge in [0.05, 0.1) is 41.5 Å². The summed E-state index contributed by atoms with van der Waals surface area (Å²) in [4.78, 5) is 31.3. The normalized spacial score (nSPS) is 15.2. The summed E-state index contributed by atoms with van der Waals surface area (Å²) >= 11 is 6.27. The first kappa shape index (κ1) is 22.5. The Bertz CT molecular complexity index is 922. The van der Waals surface area contributed by atoms with Gasteiger partial charge in [0.15, 0.2) is 4.80 Å². The second-order valence-electron chi connectivity index (χ2n) is 6.34. The van der Waals surface area contributed by atoms with Crippen molar-refractivity contribution in [2.45, 2.75) is 13.5 Å². The first-order valence-electron chi connectivity index (χ1n) is 9.46. The quantitative estimate of drug-likeness (QED) is 0.519. The SMILES string of the molecule is CCOCCn1c(=NC(=O)CSCC(=O)N2CCOCC2)sc2cc(Br)ccc21. The summed E-state index contributed by atoms with van der Waals surface area (Å²) in [5.74, 6) is 0.273. The molecule has 2 heterocycles. The van der Waals surface area contributed by atoms with E-state index in [-0.39, 0.29) is 23.3 Å². The predicted octanol–water partition coefficient (Wildman–Crippen LogP) is 2.52. The number of carbonyl (C=O) groups excluding carboxylic acids is 2. The van der Waals surface area contributed by atoms with E-state index in [1.54, 1.807) is 4.90 Å². The zero-order valence-corrected chi connectivity index (χ0v) is 19.5. The Morgan fingerprint density at radius 3 is 2.86 bits per heavy atom. The molecule has 158 valence electrons. The fourth-order valence-electron chi connectivity index (χ4n) is 2.92. The molecule has 0 aliphatic carbocycles. The van der Waals surface area contributed by atoms with E-state index in [2.05, 4.69) is 20.9 Å². The highest BCUT2D eigenvalue weighted by Gasteiger charge is 2.17. The van der Waals surface area contributed by atoms with Crippen LogP contribution >= 0.6 is 39.0 Å². The Morgan fingerprint density at radius 2 is 2.10 bits per heavy atom. The van der Waals surface area contributed by atoms with Crippen LogP contribution in [0.25, 0.3) is 10.2 Å². The largest absolute Gasteiger partial charge is 0.380 e. The number of halogens is 1. The highest BCUT2D eigenvalue weighted by atomic mass is 79.9. The molecule has 3 rings (SSSR count). The number of aromatic nitrogens is 1. The number of carbonyl (C=O) groups is 2. The molecule has 1 aromatic carbocycles. The summed E-state index contributed by atoms with van der Waals surface area (Å²) in [7, 11) is 0. The molecule has 1 aliphatic rings. The van der Waals surface area contributed by atoms with Crippen molar-refractivity contribution in [1.29, 1.82) is 0 Å². The van der Waals surface area contributed by atoms with Crippen molar-refractivity contribution in [3.63, 3.8) is 0 Å². The zero-order valence-electron chi connectivity index (χ0n) is 16.3. The van der Waals surface area contributed by atoms with Crippen molar-refractivity contribution in [1.82, 2.24) is 9.47 Å². The van der Waals surface area contributed by atoms with E-state index >= 15 is 0 Å². The molecular formula is C19H24BrN3O4S2. The van der Waals surface area contributed by atoms with Crippen molar-refractivity contribution in [2.75, 3.05) is 51.0 Å². The number of thioether (sulfide) groups is 1. The van der Waals surface area contributed by atoms with Crippen LogP contribution in [0, 0.1) is 0 Å². The Kier molecular flexibility index (Phi) is 8.73. The van der Waals surface area contributed by atoms with Crippen molar-refractivity contribution in [2.24, 2.45) is 4.99 Å². The van der Waals surface area contributed by atoms with Gasteiger partial charge < -0.3 is 18.9 Å². The summed E-state index contributed by atoms with van der Waals surface area (Å²) in [6.07, 6.45) is 0. The second kappa shape index (κ2) is 11.3. The molecule has 0 atom stereocenters. The Morgan fingerprint density at radius 1 is 1.31 bits per heavy atom. The Labute approximate surface area is 186 Å². The number of rotatable bonds is 8. The lowest BCUT2D eigenvalue weighted by molar-refractivity contribution is -0.132. The number of hydrogen-bond donors (Lipinski definition) is 0. The van der Waals surface area contributed by atoms with Gasteiger partial charge in [0.2, 0.25) is 5.91 Å². The fraction of sp³-hybridized carbons (Fsp3) is 0.526. The summed E-state index contributed by atoms with van der Waals surface area (Å²) in [6, 6.07) is 6.02. The van der Waals surface area contributed by atoms with Crippen molar-refractivity contribution >= 4 is 61.1 Å². The molecule has 0 unspecified atom stereocenters. The number of hydrogen-bond acceptors (Lipinski definition) is 6. The molecule has 0 bridgehead atoms. The maximum Gasteiger partial charge on any atom is 0.258 e. The average molecular weight is 502 g/mol. The average Bonchev–Trinajstić information content (AvgIpc) is 3.04. The molecule has 29 heavy (non-hydrogen) atoms. The van der Waals surface area contributed by atoms with E-state index in [0.29, 0.717) is 50.9 Å². The van der Waals surface area contributed by atoms with Crippen LogP contribution < -0.4 is 4.80 Å². The molecule has 1 saturated heterocycles. The van der Waals surface area contributed by atoms with E-state index in [9.17, 15) is 9.59 Å². The minimum absolute atomic E-state index is 0.0459. The molecule has 0 saturated carbocycles. The monoisotopic (exact) mass is 501 g/mol. The van der Waals surface area contributed by atoms with Crippen LogP contribution in [0.3, 0.4) is 0 Å². The molecular weight excluding hydrogens is 478 g/mol. The van der Waals surface area contributed by atoms with Crippen molar-refractivity contribution in [3.8, 4) is 0 Å². The van der Waals surface area contributed by atoms with E-state index in [1.807, 2.05) is 29.7 Å². The van der Waals surface area contributed by atoms with Gasteiger partial charge in [-0.3, -0.25) is 9.59 Å². The van der Waals surface area contributed by atoms with Crippen LogP contribution in [0.4, 0.5) is 0 Å². The number of ether oxygens (including phenoxy) is 2. The van der Waals surface area contributed by atoms with Gasteiger partial charge in [-0.05, 0) is 25.1 Å². The fourth-order valence-corrected chi connectivity index (χ4v) is 5.24. The number of nitrogens with zero attached hydrogens (tertiary/aromatic N) is 3. The van der Waals surface area contributed by atoms with Gasteiger partial charge in [0.25, 0.3) is 5.91 Å². The highest BCUT2D eigenvalue weighted by Crippen LogP contribution is 2.22. The molecule has 0 spiro atoms. The lowest BCUT2D eigenvalue weighted by Gasteiger charge is -2.26. The maximum atomic E-state index is 12.4. The third kappa shape index (κ3) is 6.39. The lowest BCUT2D eigenvalue weighted by atomic mass is 10.3. The molecule has 2 amide bonds. The first-order chi connectivity index (χ1) is 14.1. The van der Waals surface area contributed by atoms with Crippen LogP contribution in [0.2, 0.25) is 0 Å². The van der Waals surface area contributed by atoms with E-state index in [4.69, 9.17) is 9.47 Å². The van der Waals surface area contributed by atoms with Crippen molar-refractivity contribution < 1.29 is 19.1 Å². The molecule has 7 nitrogen and oxygen atoms in total. The van der Waals surface area contributed by atoms with Crippen LogP contribution in [0.15, 0.2) is 27.7 Å². The van der Waals surface area contributed by atoms with Gasteiger partial charge in [-0.1, -0.05) is 27.3 Å². The summed E-state index contributed by atoms with van der Waals surface area (Å²) in [6.45, 7) is 6.19. The van der Waals surface area contributed by atoms with Gasteiger partial charge in [-0.2, -0.15) is 4.99 Å². The van der Waals surface area contributed by atoms with Crippen LogP contribution in [-0.4, -0.2) is 72.3 Å². The summed E-state index contributed by atoms with van der Waals surface area (Å²) in [5, 5.41) is 0. The molecule has 0 N–H and O–H groups in total. The Hall–Kier alpha value is -1.20. The lowest BCUT2D eigenvalue weighted by Crippen LogP contribution is -2.41. The van der Waals surface area contributed by atoms with E-state index in [0.717, 1.165) is 14.7 Å². The smallest absolute Gasteiger partial charge is 0.258 e. The van der Waals surface area contributed by atoms with E-state index in [1.165, 1.54) is 23.1 Å². The summed E-state index contributed by atoms with van der Waals surface area (Å²) in [5.41, 5.74) is 1.03. The molecule has 1 aromatic heterocycles. The number of fused-ring (bicyclic) bond motifs is 1. The van der Waals surface area contributed by atoms with Gasteiger partial charge in [-0.25, -0.2) is 0 Å². The number of amides is 2. The van der Waals surface area contributed by atoms with Gasteiger partial charge >= 0.3 is 0 Å². The minimum Gasteiger partial charge on any atom is -0.380 e. The summed E-state index contributed by atoms with van der Waals surface area (Å²) < 4.78 is 14.8. The predicted molar refractivity (Wildman–Crippen MR) is 119 cm³/mol. The third-order valence-electron chi connectivity index (χ3n) is 4.34. The molecule has 0 radical (unpaired) electrons. The maximum absolute atomic E-state index is 12.4. The van der Waals surface area contributed by atoms with Crippen LogP contribution in [0.1, 0.15) is 6.92 Å². The van der Waals surface area contributed by atoms with Gasteiger partial charge in [-0.15, -0.1) is 11.8 Å². The topological polar surface area (TPSA) is 73.1 Å². The van der Waals surface area contributed by atoms with Crippen LogP contribution in [0.5, 0.6) is 0 Å². The minimum atomic E-state index is -0.236. The number of benzene rings is 1.